The molecule has 1 N–H and O–H groups in total. The normalized spacial score (nSPS) is 12.7. The maximum Gasteiger partial charge on any atom is 0.333 e. The van der Waals surface area contributed by atoms with Crippen LogP contribution in [0.1, 0.15) is 46.2 Å². The van der Waals surface area contributed by atoms with Crippen molar-refractivity contribution in [1.29, 1.82) is 0 Å². The molecule has 1 rings (SSSR count). The van der Waals surface area contributed by atoms with Gasteiger partial charge in [0.2, 0.25) is 5.82 Å². The Morgan fingerprint density at radius 1 is 1.42 bits per heavy atom. The summed E-state index contributed by atoms with van der Waals surface area (Å²) in [5.41, 5.74) is 0.571. The van der Waals surface area contributed by atoms with Crippen LogP contribution < -0.4 is 5.32 Å². The lowest BCUT2D eigenvalue weighted by Gasteiger charge is -2.17. The Kier molecular flexibility index (Phi) is 5.32. The van der Waals surface area contributed by atoms with Crippen LogP contribution in [0.4, 0.5) is 11.5 Å². The van der Waals surface area contributed by atoms with E-state index in [4.69, 9.17) is 0 Å². The quantitative estimate of drug-likeness (QED) is 0.608. The van der Waals surface area contributed by atoms with Gasteiger partial charge in [0.25, 0.3) is 0 Å². The van der Waals surface area contributed by atoms with Crippen LogP contribution in [-0.4, -0.2) is 20.7 Å². The number of nitro groups is 1. The number of hydrogen-bond donors (Lipinski definition) is 1. The van der Waals surface area contributed by atoms with Gasteiger partial charge in [-0.05, 0) is 32.6 Å². The van der Waals surface area contributed by atoms with Crippen molar-refractivity contribution in [2.75, 3.05) is 5.32 Å². The Morgan fingerprint density at radius 3 is 2.53 bits per heavy atom. The fraction of sp³-hybridized carbons (Fsp3) is 0.769. The van der Waals surface area contributed by atoms with Gasteiger partial charge in [-0.25, -0.2) is 4.68 Å². The van der Waals surface area contributed by atoms with Gasteiger partial charge in [0.05, 0.1) is 4.92 Å². The third-order valence-corrected chi connectivity index (χ3v) is 2.92. The highest BCUT2D eigenvalue weighted by Gasteiger charge is 2.26. The standard InChI is InChI=1S/C13H24N4O2/c1-6-7-16-13(14-10(4)8-9(2)3)12(17(18)19)11(5)15-16/h9-10,14H,6-8H2,1-5H3. The molecule has 0 radical (unpaired) electrons. The van der Waals surface area contributed by atoms with Gasteiger partial charge in [0.1, 0.15) is 5.69 Å². The van der Waals surface area contributed by atoms with E-state index in [0.29, 0.717) is 24.0 Å². The first-order valence-corrected chi connectivity index (χ1v) is 6.85. The van der Waals surface area contributed by atoms with E-state index in [0.717, 1.165) is 12.8 Å². The van der Waals surface area contributed by atoms with Gasteiger partial charge in [-0.15, -0.1) is 0 Å². The third-order valence-electron chi connectivity index (χ3n) is 2.92. The zero-order chi connectivity index (χ0) is 14.6. The second kappa shape index (κ2) is 6.54. The molecule has 0 fully saturated rings. The molecule has 0 bridgehead atoms. The molecule has 1 atom stereocenters. The average molecular weight is 268 g/mol. The van der Waals surface area contributed by atoms with Crippen LogP contribution in [0.2, 0.25) is 0 Å². The van der Waals surface area contributed by atoms with Crippen molar-refractivity contribution in [2.24, 2.45) is 5.92 Å². The number of rotatable bonds is 7. The van der Waals surface area contributed by atoms with Gasteiger partial charge in [-0.3, -0.25) is 10.1 Å². The number of aryl methyl sites for hydroxylation is 2. The largest absolute Gasteiger partial charge is 0.362 e. The smallest absolute Gasteiger partial charge is 0.333 e. The Morgan fingerprint density at radius 2 is 2.05 bits per heavy atom. The molecule has 0 aliphatic carbocycles. The maximum atomic E-state index is 11.2. The van der Waals surface area contributed by atoms with Gasteiger partial charge in [-0.1, -0.05) is 20.8 Å². The van der Waals surface area contributed by atoms with Gasteiger partial charge in [0, 0.05) is 12.6 Å². The average Bonchev–Trinajstić information content (AvgIpc) is 2.54. The first kappa shape index (κ1) is 15.5. The van der Waals surface area contributed by atoms with Crippen molar-refractivity contribution in [2.45, 2.75) is 60.0 Å². The molecule has 0 spiro atoms. The monoisotopic (exact) mass is 268 g/mol. The molecule has 6 nitrogen and oxygen atoms in total. The summed E-state index contributed by atoms with van der Waals surface area (Å²) in [4.78, 5) is 10.8. The van der Waals surface area contributed by atoms with Crippen molar-refractivity contribution >= 4 is 11.5 Å². The van der Waals surface area contributed by atoms with E-state index in [1.165, 1.54) is 0 Å². The molecular weight excluding hydrogens is 244 g/mol. The van der Waals surface area contributed by atoms with Gasteiger partial charge >= 0.3 is 5.69 Å². The molecule has 0 amide bonds. The first-order valence-electron chi connectivity index (χ1n) is 6.85. The summed E-state index contributed by atoms with van der Waals surface area (Å²) in [6.45, 7) is 10.7. The van der Waals surface area contributed by atoms with Crippen molar-refractivity contribution < 1.29 is 4.92 Å². The van der Waals surface area contributed by atoms with E-state index in [1.54, 1.807) is 11.6 Å². The molecule has 0 aromatic carbocycles. The highest BCUT2D eigenvalue weighted by molar-refractivity contribution is 5.60. The third kappa shape index (κ3) is 3.94. The van der Waals surface area contributed by atoms with Crippen LogP contribution in [0.25, 0.3) is 0 Å². The minimum Gasteiger partial charge on any atom is -0.362 e. The minimum atomic E-state index is -0.348. The van der Waals surface area contributed by atoms with Crippen molar-refractivity contribution in [3.63, 3.8) is 0 Å². The second-order valence-electron chi connectivity index (χ2n) is 5.44. The topological polar surface area (TPSA) is 73.0 Å². The first-order chi connectivity index (χ1) is 8.86. The van der Waals surface area contributed by atoms with Crippen LogP contribution in [-0.2, 0) is 6.54 Å². The molecule has 1 aromatic heterocycles. The van der Waals surface area contributed by atoms with E-state index in [2.05, 4.69) is 24.3 Å². The Labute approximate surface area is 114 Å². The second-order valence-corrected chi connectivity index (χ2v) is 5.44. The van der Waals surface area contributed by atoms with Crippen molar-refractivity contribution in [3.05, 3.63) is 15.8 Å². The van der Waals surface area contributed by atoms with Crippen LogP contribution in [0.15, 0.2) is 0 Å². The zero-order valence-corrected chi connectivity index (χ0v) is 12.4. The molecule has 1 unspecified atom stereocenters. The molecule has 1 aromatic rings. The fourth-order valence-electron chi connectivity index (χ4n) is 2.31. The molecule has 0 saturated carbocycles. The molecule has 0 saturated heterocycles. The molecule has 6 heteroatoms. The van der Waals surface area contributed by atoms with Crippen LogP contribution >= 0.6 is 0 Å². The van der Waals surface area contributed by atoms with Crippen LogP contribution in [0.3, 0.4) is 0 Å². The van der Waals surface area contributed by atoms with E-state index < -0.39 is 0 Å². The number of nitrogens with zero attached hydrogens (tertiary/aromatic N) is 3. The fourth-order valence-corrected chi connectivity index (χ4v) is 2.31. The lowest BCUT2D eigenvalue weighted by atomic mass is 10.1. The molecular formula is C13H24N4O2. The predicted octanol–water partition coefficient (Wildman–Crippen LogP) is 3.36. The summed E-state index contributed by atoms with van der Waals surface area (Å²) >= 11 is 0. The Bertz CT molecular complexity index is 440. The van der Waals surface area contributed by atoms with Crippen molar-refractivity contribution in [3.8, 4) is 0 Å². The Hall–Kier alpha value is -1.59. The van der Waals surface area contributed by atoms with Gasteiger partial charge in [0.15, 0.2) is 0 Å². The summed E-state index contributed by atoms with van der Waals surface area (Å²) in [6.07, 6.45) is 1.86. The van der Waals surface area contributed by atoms with Gasteiger partial charge < -0.3 is 5.32 Å². The Balaban J connectivity index is 3.04. The summed E-state index contributed by atoms with van der Waals surface area (Å²) in [7, 11) is 0. The molecule has 0 aliphatic rings. The van der Waals surface area contributed by atoms with E-state index in [1.807, 2.05) is 13.8 Å². The number of anilines is 1. The lowest BCUT2D eigenvalue weighted by molar-refractivity contribution is -0.384. The highest BCUT2D eigenvalue weighted by Crippen LogP contribution is 2.29. The molecule has 0 aliphatic heterocycles. The zero-order valence-electron chi connectivity index (χ0n) is 12.4. The summed E-state index contributed by atoms with van der Waals surface area (Å²) in [5, 5.41) is 18.7. The van der Waals surface area contributed by atoms with Crippen molar-refractivity contribution in [1.82, 2.24) is 9.78 Å². The maximum absolute atomic E-state index is 11.2. The summed E-state index contributed by atoms with van der Waals surface area (Å²) in [6, 6.07) is 0.186. The minimum absolute atomic E-state index is 0.101. The summed E-state index contributed by atoms with van der Waals surface area (Å²) in [5.74, 6) is 1.09. The van der Waals surface area contributed by atoms with Gasteiger partial charge in [-0.2, -0.15) is 5.10 Å². The highest BCUT2D eigenvalue weighted by atomic mass is 16.6. The van der Waals surface area contributed by atoms with Crippen LogP contribution in [0, 0.1) is 23.0 Å². The number of aromatic nitrogens is 2. The number of nitrogens with one attached hydrogen (secondary N) is 1. The number of hydrogen-bond acceptors (Lipinski definition) is 4. The SMILES string of the molecule is CCCn1nc(C)c([N+](=O)[O-])c1NC(C)CC(C)C. The molecule has 108 valence electrons. The summed E-state index contributed by atoms with van der Waals surface area (Å²) < 4.78 is 1.71. The van der Waals surface area contributed by atoms with Crippen LogP contribution in [0.5, 0.6) is 0 Å². The van der Waals surface area contributed by atoms with E-state index in [-0.39, 0.29) is 16.7 Å². The molecule has 1 heterocycles. The lowest BCUT2D eigenvalue weighted by Crippen LogP contribution is -2.20. The molecule has 19 heavy (non-hydrogen) atoms. The van der Waals surface area contributed by atoms with E-state index in [9.17, 15) is 10.1 Å². The van der Waals surface area contributed by atoms with E-state index >= 15 is 0 Å². The predicted molar refractivity (Wildman–Crippen MR) is 76.4 cm³/mol.